The van der Waals surface area contributed by atoms with Crippen LogP contribution in [-0.2, 0) is 22.5 Å². The van der Waals surface area contributed by atoms with Gasteiger partial charge in [0.1, 0.15) is 0 Å². The Morgan fingerprint density at radius 1 is 1.86 bits per heavy atom. The SMILES string of the molecule is Cn1ccn[c]1[Ni]. The molecule has 0 aromatic carbocycles. The first-order chi connectivity index (χ1) is 3.30. The summed E-state index contributed by atoms with van der Waals surface area (Å²) in [6.07, 6.45) is 3.53. The molecule has 2 nitrogen and oxygen atoms in total. The van der Waals surface area contributed by atoms with E-state index in [1.807, 2.05) is 13.2 Å². The summed E-state index contributed by atoms with van der Waals surface area (Å²) in [7, 11) is 1.88. The number of aromatic nitrogens is 2. The third kappa shape index (κ3) is 0.831. The molecule has 0 amide bonds. The van der Waals surface area contributed by atoms with Crippen LogP contribution in [0, 0.1) is 0 Å². The summed E-state index contributed by atoms with van der Waals surface area (Å²) in [5, 5.41) is 0. The first-order valence-corrected chi connectivity index (χ1v) is 2.40. The molecule has 7 heavy (non-hydrogen) atoms. The van der Waals surface area contributed by atoms with Crippen molar-refractivity contribution < 1.29 is 15.5 Å². The second-order valence-corrected chi connectivity index (χ2v) is 1.72. The summed E-state index contributed by atoms with van der Waals surface area (Å²) in [4.78, 5) is 4.49. The Hall–Kier alpha value is -0.296. The Balaban J connectivity index is 3.12. The molecule has 0 atom stereocenters. The molecular weight excluding hydrogens is 135 g/mol. The van der Waals surface area contributed by atoms with E-state index in [4.69, 9.17) is 0 Å². The molecule has 0 saturated heterocycles. The van der Waals surface area contributed by atoms with Gasteiger partial charge >= 0.3 is 49.3 Å². The normalized spacial score (nSPS) is 9.57. The standard InChI is InChI=1S/C4H5N2.Ni/c1-6-3-2-5-4-6;/h2-3H,1H3;. The number of hydrogen-bond acceptors (Lipinski definition) is 1. The molecule has 0 aliphatic carbocycles. The van der Waals surface area contributed by atoms with Crippen molar-refractivity contribution >= 4 is 4.79 Å². The van der Waals surface area contributed by atoms with E-state index in [1.165, 1.54) is 0 Å². The molecule has 0 unspecified atom stereocenters. The summed E-state index contributed by atoms with van der Waals surface area (Å²) in [6.45, 7) is 0. The van der Waals surface area contributed by atoms with E-state index in [0.29, 0.717) is 4.79 Å². The van der Waals surface area contributed by atoms with E-state index in [-0.39, 0.29) is 0 Å². The molecule has 0 N–H and O–H groups in total. The molecule has 0 spiro atoms. The number of nitrogens with zero attached hydrogens (tertiary/aromatic N) is 2. The number of imidazole rings is 1. The maximum absolute atomic E-state index is 4.46. The van der Waals surface area contributed by atoms with Gasteiger partial charge in [-0.1, -0.05) is 0 Å². The van der Waals surface area contributed by atoms with Gasteiger partial charge < -0.3 is 0 Å². The van der Waals surface area contributed by atoms with Crippen molar-refractivity contribution in [1.82, 2.24) is 9.55 Å². The molecule has 0 aliphatic heterocycles. The Bertz CT molecular complexity index is 142. The van der Waals surface area contributed by atoms with Gasteiger partial charge in [-0.15, -0.1) is 0 Å². The molecule has 0 radical (unpaired) electrons. The van der Waals surface area contributed by atoms with Gasteiger partial charge in [-0.05, 0) is 0 Å². The van der Waals surface area contributed by atoms with Crippen molar-refractivity contribution in [2.45, 2.75) is 0 Å². The van der Waals surface area contributed by atoms with E-state index < -0.39 is 0 Å². The zero-order valence-electron chi connectivity index (χ0n) is 3.87. The number of rotatable bonds is 0. The van der Waals surface area contributed by atoms with Gasteiger partial charge in [0.2, 0.25) is 0 Å². The van der Waals surface area contributed by atoms with Crippen LogP contribution in [0.4, 0.5) is 0 Å². The molecule has 0 bridgehead atoms. The second kappa shape index (κ2) is 1.67. The third-order valence-electron chi connectivity index (χ3n) is 0.733. The van der Waals surface area contributed by atoms with Gasteiger partial charge in [0.05, 0.1) is 0 Å². The van der Waals surface area contributed by atoms with Gasteiger partial charge in [-0.25, -0.2) is 0 Å². The quantitative estimate of drug-likeness (QED) is 0.448. The van der Waals surface area contributed by atoms with Gasteiger partial charge in [0.15, 0.2) is 0 Å². The average Bonchev–Trinajstić information content (AvgIpc) is 1.91. The molecule has 41 valence electrons. The van der Waals surface area contributed by atoms with Crippen molar-refractivity contribution in [2.75, 3.05) is 0 Å². The fourth-order valence-electron chi connectivity index (χ4n) is 0.338. The van der Waals surface area contributed by atoms with Gasteiger partial charge in [0.25, 0.3) is 0 Å². The molecule has 0 saturated carbocycles. The molecule has 0 fully saturated rings. The summed E-state index contributed by atoms with van der Waals surface area (Å²) in [6, 6.07) is 0. The van der Waals surface area contributed by atoms with Gasteiger partial charge in [-0.3, -0.25) is 0 Å². The van der Waals surface area contributed by atoms with Gasteiger partial charge in [0, 0.05) is 0 Å². The van der Waals surface area contributed by atoms with Crippen LogP contribution in [-0.4, -0.2) is 9.55 Å². The maximum atomic E-state index is 4.46. The van der Waals surface area contributed by atoms with Crippen LogP contribution in [0.5, 0.6) is 0 Å². The Morgan fingerprint density at radius 2 is 2.57 bits per heavy atom. The fraction of sp³-hybridized carbons (Fsp3) is 0.250. The van der Waals surface area contributed by atoms with E-state index in [9.17, 15) is 0 Å². The van der Waals surface area contributed by atoms with Crippen LogP contribution in [0.1, 0.15) is 0 Å². The Labute approximate surface area is 49.9 Å². The summed E-state index contributed by atoms with van der Waals surface area (Å²) in [5.41, 5.74) is 0. The fourth-order valence-corrected chi connectivity index (χ4v) is 0.485. The van der Waals surface area contributed by atoms with E-state index in [0.717, 1.165) is 0 Å². The minimum absolute atomic E-state index is 0.681. The van der Waals surface area contributed by atoms with Crippen molar-refractivity contribution in [3.63, 3.8) is 0 Å². The molecular formula is C4H5N2Ni. The third-order valence-corrected chi connectivity index (χ3v) is 1.21. The number of hydrogen-bond donors (Lipinski definition) is 0. The zero-order valence-corrected chi connectivity index (χ0v) is 4.85. The zero-order chi connectivity index (χ0) is 5.28. The number of aryl methyl sites for hydroxylation is 1. The monoisotopic (exact) mass is 139 g/mol. The second-order valence-electron chi connectivity index (χ2n) is 1.28. The van der Waals surface area contributed by atoms with Crippen molar-refractivity contribution in [1.29, 1.82) is 0 Å². The summed E-state index contributed by atoms with van der Waals surface area (Å²) >= 11 is 4.46. The van der Waals surface area contributed by atoms with E-state index in [1.54, 1.807) is 10.8 Å². The van der Waals surface area contributed by atoms with Crippen molar-refractivity contribution in [3.8, 4) is 0 Å². The average molecular weight is 140 g/mol. The van der Waals surface area contributed by atoms with Crippen LogP contribution in [0.25, 0.3) is 0 Å². The molecule has 0 aliphatic rings. The molecule has 3 heteroatoms. The Morgan fingerprint density at radius 3 is 2.71 bits per heavy atom. The predicted molar refractivity (Wildman–Crippen MR) is 22.8 cm³/mol. The molecule has 1 rings (SSSR count). The van der Waals surface area contributed by atoms with E-state index >= 15 is 0 Å². The first-order valence-electron chi connectivity index (χ1n) is 1.90. The van der Waals surface area contributed by atoms with E-state index in [2.05, 4.69) is 20.4 Å². The van der Waals surface area contributed by atoms with Crippen LogP contribution >= 0.6 is 0 Å². The van der Waals surface area contributed by atoms with Crippen molar-refractivity contribution in [2.24, 2.45) is 7.05 Å². The first kappa shape index (κ1) is 4.85. The van der Waals surface area contributed by atoms with Crippen LogP contribution in [0.3, 0.4) is 0 Å². The van der Waals surface area contributed by atoms with Crippen LogP contribution < -0.4 is 4.79 Å². The van der Waals surface area contributed by atoms with Gasteiger partial charge in [-0.2, -0.15) is 0 Å². The van der Waals surface area contributed by atoms with Crippen molar-refractivity contribution in [3.05, 3.63) is 12.4 Å². The summed E-state index contributed by atoms with van der Waals surface area (Å²) < 4.78 is 1.81. The topological polar surface area (TPSA) is 17.8 Å². The molecule has 1 aromatic heterocycles. The minimum atomic E-state index is 0.681. The molecule has 1 heterocycles. The Kier molecular flexibility index (Phi) is 1.15. The predicted octanol–water partition coefficient (Wildman–Crippen LogP) is -0.408. The molecule has 1 aromatic rings. The van der Waals surface area contributed by atoms with Crippen LogP contribution in [0.15, 0.2) is 12.4 Å². The summed E-state index contributed by atoms with van der Waals surface area (Å²) in [5.74, 6) is 0. The van der Waals surface area contributed by atoms with Crippen LogP contribution in [0.2, 0.25) is 0 Å².